The smallest absolute Gasteiger partial charge is 0.306 e. The second kappa shape index (κ2) is 10.9. The van der Waals surface area contributed by atoms with Gasteiger partial charge in [0.15, 0.2) is 6.61 Å². The lowest BCUT2D eigenvalue weighted by Gasteiger charge is -2.09. The molecular formula is C20H21BrClNO4. The molecule has 7 heteroatoms. The first-order chi connectivity index (χ1) is 13.0. The fourth-order valence-corrected chi connectivity index (χ4v) is 2.96. The number of carbonyl (C=O) groups excluding carboxylic acids is 2. The van der Waals surface area contributed by atoms with Crippen molar-refractivity contribution in [3.05, 3.63) is 57.5 Å². The van der Waals surface area contributed by atoms with Gasteiger partial charge in [-0.05, 0) is 48.7 Å². The van der Waals surface area contributed by atoms with Crippen molar-refractivity contribution in [3.8, 4) is 5.75 Å². The molecule has 0 spiro atoms. The second-order valence-electron chi connectivity index (χ2n) is 5.79. The number of anilines is 1. The Kier molecular flexibility index (Phi) is 8.61. The van der Waals surface area contributed by atoms with Crippen molar-refractivity contribution in [2.24, 2.45) is 0 Å². The number of ether oxygens (including phenoxy) is 2. The van der Waals surface area contributed by atoms with E-state index in [1.54, 1.807) is 12.1 Å². The van der Waals surface area contributed by atoms with Gasteiger partial charge in [0.1, 0.15) is 5.75 Å². The highest BCUT2D eigenvalue weighted by Gasteiger charge is 2.09. The van der Waals surface area contributed by atoms with Crippen LogP contribution in [0.15, 0.2) is 46.9 Å². The lowest BCUT2D eigenvalue weighted by Crippen LogP contribution is -2.21. The van der Waals surface area contributed by atoms with E-state index in [0.29, 0.717) is 29.5 Å². The average molecular weight is 455 g/mol. The van der Waals surface area contributed by atoms with Gasteiger partial charge in [-0.25, -0.2) is 0 Å². The number of nitrogens with one attached hydrogen (secondary N) is 1. The topological polar surface area (TPSA) is 64.6 Å². The van der Waals surface area contributed by atoms with Crippen molar-refractivity contribution < 1.29 is 19.1 Å². The van der Waals surface area contributed by atoms with E-state index in [9.17, 15) is 9.59 Å². The maximum atomic E-state index is 11.8. The molecule has 2 rings (SSSR count). The minimum atomic E-state index is -0.447. The molecule has 0 saturated carbocycles. The molecule has 144 valence electrons. The maximum Gasteiger partial charge on any atom is 0.306 e. The first-order valence-corrected chi connectivity index (χ1v) is 9.77. The molecule has 2 aromatic carbocycles. The molecule has 27 heavy (non-hydrogen) atoms. The van der Waals surface area contributed by atoms with Crippen LogP contribution in [0.4, 0.5) is 5.69 Å². The van der Waals surface area contributed by atoms with Crippen LogP contribution in [0.25, 0.3) is 0 Å². The van der Waals surface area contributed by atoms with Gasteiger partial charge in [-0.1, -0.05) is 46.6 Å². The van der Waals surface area contributed by atoms with Gasteiger partial charge in [0, 0.05) is 16.6 Å². The Hall–Kier alpha value is -2.05. The van der Waals surface area contributed by atoms with Crippen molar-refractivity contribution in [2.75, 3.05) is 18.5 Å². The summed E-state index contributed by atoms with van der Waals surface area (Å²) >= 11 is 9.37. The molecule has 0 heterocycles. The highest BCUT2D eigenvalue weighted by Crippen LogP contribution is 2.27. The lowest BCUT2D eigenvalue weighted by atomic mass is 10.1. The quantitative estimate of drug-likeness (QED) is 0.427. The van der Waals surface area contributed by atoms with Crippen LogP contribution in [0.1, 0.15) is 25.3 Å². The molecular weight excluding hydrogens is 434 g/mol. The van der Waals surface area contributed by atoms with Gasteiger partial charge in [-0.15, -0.1) is 0 Å². The van der Waals surface area contributed by atoms with Gasteiger partial charge >= 0.3 is 5.97 Å². The summed E-state index contributed by atoms with van der Waals surface area (Å²) < 4.78 is 11.4. The van der Waals surface area contributed by atoms with Crippen LogP contribution in [0.5, 0.6) is 5.75 Å². The van der Waals surface area contributed by atoms with E-state index >= 15 is 0 Å². The fourth-order valence-electron chi connectivity index (χ4n) is 2.23. The summed E-state index contributed by atoms with van der Waals surface area (Å²) in [7, 11) is 0. The maximum absolute atomic E-state index is 11.8. The van der Waals surface area contributed by atoms with E-state index in [1.165, 1.54) is 5.56 Å². The zero-order chi connectivity index (χ0) is 19.6. The number of esters is 1. The van der Waals surface area contributed by atoms with Crippen LogP contribution in [0, 0.1) is 0 Å². The molecule has 0 radical (unpaired) electrons. The molecule has 0 aliphatic carbocycles. The Morgan fingerprint density at radius 3 is 2.56 bits per heavy atom. The Bertz CT molecular complexity index is 780. The van der Waals surface area contributed by atoms with Crippen LogP contribution < -0.4 is 10.1 Å². The monoisotopic (exact) mass is 453 g/mol. The molecule has 0 aliphatic heterocycles. The van der Waals surface area contributed by atoms with Crippen molar-refractivity contribution in [1.82, 2.24) is 0 Å². The van der Waals surface area contributed by atoms with Crippen LogP contribution >= 0.6 is 27.5 Å². The largest absolute Gasteiger partial charge is 0.492 e. The third kappa shape index (κ3) is 7.61. The normalized spacial score (nSPS) is 10.3. The summed E-state index contributed by atoms with van der Waals surface area (Å²) in [6, 6.07) is 12.8. The highest BCUT2D eigenvalue weighted by molar-refractivity contribution is 9.10. The molecule has 0 unspecified atom stereocenters. The van der Waals surface area contributed by atoms with E-state index < -0.39 is 5.97 Å². The van der Waals surface area contributed by atoms with Crippen molar-refractivity contribution >= 4 is 45.1 Å². The molecule has 0 aliphatic rings. The Balaban J connectivity index is 1.63. The van der Waals surface area contributed by atoms with E-state index in [2.05, 4.69) is 28.2 Å². The molecule has 2 aromatic rings. The fraction of sp³-hybridized carbons (Fsp3) is 0.300. The molecule has 0 atom stereocenters. The Morgan fingerprint density at radius 1 is 1.15 bits per heavy atom. The number of hydrogen-bond donors (Lipinski definition) is 1. The Morgan fingerprint density at radius 2 is 1.89 bits per heavy atom. The molecule has 0 aromatic heterocycles. The summed E-state index contributed by atoms with van der Waals surface area (Å²) in [6.45, 7) is 2.08. The van der Waals surface area contributed by atoms with Crippen LogP contribution in [0.2, 0.25) is 5.02 Å². The summed E-state index contributed by atoms with van der Waals surface area (Å²) in [4.78, 5) is 23.5. The van der Waals surface area contributed by atoms with Gasteiger partial charge in [0.05, 0.1) is 11.6 Å². The minimum Gasteiger partial charge on any atom is -0.492 e. The molecule has 0 fully saturated rings. The summed E-state index contributed by atoms with van der Waals surface area (Å²) in [5.74, 6) is -0.260. The van der Waals surface area contributed by atoms with E-state index in [-0.39, 0.29) is 18.9 Å². The van der Waals surface area contributed by atoms with E-state index in [0.717, 1.165) is 10.9 Å². The Labute approximate surface area is 172 Å². The highest BCUT2D eigenvalue weighted by atomic mass is 79.9. The van der Waals surface area contributed by atoms with Crippen LogP contribution in [0.3, 0.4) is 0 Å². The van der Waals surface area contributed by atoms with E-state index in [1.807, 2.05) is 30.3 Å². The number of aryl methyl sites for hydroxylation is 1. The number of benzene rings is 2. The standard InChI is InChI=1S/C20H21BrClNO4/c1-2-14-5-8-16(9-6-14)23-19(24)13-27-20(25)4-3-11-26-18-10-7-15(21)12-17(18)22/h5-10,12H,2-4,11,13H2,1H3,(H,23,24). The number of carbonyl (C=O) groups is 2. The summed E-state index contributed by atoms with van der Waals surface area (Å²) in [5.41, 5.74) is 1.86. The van der Waals surface area contributed by atoms with Gasteiger partial charge in [0.2, 0.25) is 0 Å². The molecule has 0 saturated heterocycles. The number of halogens is 2. The minimum absolute atomic E-state index is 0.159. The predicted octanol–water partition coefficient (Wildman–Crippen LogP) is 5.01. The van der Waals surface area contributed by atoms with Gasteiger partial charge in [-0.3, -0.25) is 9.59 Å². The zero-order valence-electron chi connectivity index (χ0n) is 15.0. The van der Waals surface area contributed by atoms with E-state index in [4.69, 9.17) is 21.1 Å². The zero-order valence-corrected chi connectivity index (χ0v) is 17.3. The van der Waals surface area contributed by atoms with Crippen molar-refractivity contribution in [3.63, 3.8) is 0 Å². The van der Waals surface area contributed by atoms with Crippen molar-refractivity contribution in [1.29, 1.82) is 0 Å². The first kappa shape index (κ1) is 21.3. The van der Waals surface area contributed by atoms with Crippen LogP contribution in [-0.4, -0.2) is 25.1 Å². The van der Waals surface area contributed by atoms with Gasteiger partial charge in [0.25, 0.3) is 5.91 Å². The lowest BCUT2D eigenvalue weighted by molar-refractivity contribution is -0.147. The molecule has 1 N–H and O–H groups in total. The summed E-state index contributed by atoms with van der Waals surface area (Å²) in [5, 5.41) is 3.18. The summed E-state index contributed by atoms with van der Waals surface area (Å²) in [6.07, 6.45) is 1.56. The average Bonchev–Trinajstić information content (AvgIpc) is 2.65. The van der Waals surface area contributed by atoms with Crippen molar-refractivity contribution in [2.45, 2.75) is 26.2 Å². The second-order valence-corrected chi connectivity index (χ2v) is 7.11. The third-order valence-corrected chi connectivity index (χ3v) is 4.48. The predicted molar refractivity (Wildman–Crippen MR) is 109 cm³/mol. The molecule has 1 amide bonds. The SMILES string of the molecule is CCc1ccc(NC(=O)COC(=O)CCCOc2ccc(Br)cc2Cl)cc1. The molecule has 0 bridgehead atoms. The van der Waals surface area contributed by atoms with Gasteiger partial charge < -0.3 is 14.8 Å². The van der Waals surface area contributed by atoms with Crippen LogP contribution in [-0.2, 0) is 20.7 Å². The molecule has 5 nitrogen and oxygen atoms in total. The number of amides is 1. The first-order valence-electron chi connectivity index (χ1n) is 8.60. The number of hydrogen-bond acceptors (Lipinski definition) is 4. The number of rotatable bonds is 9. The third-order valence-electron chi connectivity index (χ3n) is 3.69. The van der Waals surface area contributed by atoms with Gasteiger partial charge in [-0.2, -0.15) is 0 Å².